The van der Waals surface area contributed by atoms with Gasteiger partial charge in [-0.1, -0.05) is 18.6 Å². The fourth-order valence-electron chi connectivity index (χ4n) is 2.11. The molecule has 1 aromatic carbocycles. The van der Waals surface area contributed by atoms with Crippen molar-refractivity contribution >= 4 is 0 Å². The van der Waals surface area contributed by atoms with Crippen LogP contribution in [0.4, 0.5) is 0 Å². The maximum atomic E-state index is 5.73. The Balaban J connectivity index is 1.69. The van der Waals surface area contributed by atoms with Crippen LogP contribution in [0.3, 0.4) is 0 Å². The smallest absolute Gasteiger partial charge is 0.118 e. The summed E-state index contributed by atoms with van der Waals surface area (Å²) in [6, 6.07) is 8.58. The van der Waals surface area contributed by atoms with Gasteiger partial charge in [0, 0.05) is 6.04 Å². The largest absolute Gasteiger partial charge is 0.497 e. The third-order valence-corrected chi connectivity index (χ3v) is 3.16. The number of hydrogen-bond donors (Lipinski definition) is 1. The third kappa shape index (κ3) is 4.02. The van der Waals surface area contributed by atoms with Crippen LogP contribution in [0.5, 0.6) is 5.75 Å². The van der Waals surface area contributed by atoms with E-state index in [4.69, 9.17) is 9.47 Å². The Kier molecular flexibility index (Phi) is 4.83. The van der Waals surface area contributed by atoms with E-state index >= 15 is 0 Å². The molecule has 1 fully saturated rings. The first-order valence-corrected chi connectivity index (χ1v) is 6.32. The quantitative estimate of drug-likeness (QED) is 0.850. The van der Waals surface area contributed by atoms with Crippen LogP contribution in [-0.4, -0.2) is 26.3 Å². The fraction of sp³-hybridized carbons (Fsp3) is 0.571. The first-order chi connectivity index (χ1) is 8.38. The van der Waals surface area contributed by atoms with Crippen molar-refractivity contribution in [1.29, 1.82) is 0 Å². The highest BCUT2D eigenvalue weighted by Crippen LogP contribution is 2.13. The van der Waals surface area contributed by atoms with Gasteiger partial charge in [0.25, 0.3) is 0 Å². The molecule has 1 N–H and O–H groups in total. The van der Waals surface area contributed by atoms with E-state index in [2.05, 4.69) is 5.32 Å². The molecular formula is C14H21NO2. The summed E-state index contributed by atoms with van der Waals surface area (Å²) in [4.78, 5) is 0. The monoisotopic (exact) mass is 235 g/mol. The van der Waals surface area contributed by atoms with Crippen molar-refractivity contribution in [2.75, 3.05) is 20.3 Å². The van der Waals surface area contributed by atoms with Crippen LogP contribution in [0.15, 0.2) is 24.3 Å². The molecular weight excluding hydrogens is 214 g/mol. The first kappa shape index (κ1) is 12.4. The predicted molar refractivity (Wildman–Crippen MR) is 68.3 cm³/mol. The molecule has 1 atom stereocenters. The standard InChI is InChI=1S/C14H21NO2/c1-16-14-7-5-12(6-8-14)10-17-11-13-4-2-3-9-15-13/h5-8,13,15H,2-4,9-11H2,1H3/t13-/m0/s1. The van der Waals surface area contributed by atoms with Crippen LogP contribution in [-0.2, 0) is 11.3 Å². The number of nitrogens with one attached hydrogen (secondary N) is 1. The van der Waals surface area contributed by atoms with Gasteiger partial charge >= 0.3 is 0 Å². The maximum Gasteiger partial charge on any atom is 0.118 e. The van der Waals surface area contributed by atoms with Crippen molar-refractivity contribution in [3.05, 3.63) is 29.8 Å². The van der Waals surface area contributed by atoms with Gasteiger partial charge in [0.2, 0.25) is 0 Å². The summed E-state index contributed by atoms with van der Waals surface area (Å²) in [5.41, 5.74) is 1.20. The molecule has 0 saturated carbocycles. The zero-order valence-corrected chi connectivity index (χ0v) is 10.4. The zero-order chi connectivity index (χ0) is 11.9. The molecule has 17 heavy (non-hydrogen) atoms. The lowest BCUT2D eigenvalue weighted by Gasteiger charge is -2.23. The average molecular weight is 235 g/mol. The van der Waals surface area contributed by atoms with Crippen molar-refractivity contribution in [3.63, 3.8) is 0 Å². The molecule has 2 rings (SSSR count). The van der Waals surface area contributed by atoms with Crippen LogP contribution in [0, 0.1) is 0 Å². The molecule has 0 unspecified atom stereocenters. The summed E-state index contributed by atoms with van der Waals surface area (Å²) < 4.78 is 10.8. The first-order valence-electron chi connectivity index (χ1n) is 6.32. The molecule has 0 bridgehead atoms. The van der Waals surface area contributed by atoms with E-state index in [-0.39, 0.29) is 0 Å². The summed E-state index contributed by atoms with van der Waals surface area (Å²) in [6.07, 6.45) is 3.86. The van der Waals surface area contributed by atoms with E-state index < -0.39 is 0 Å². The van der Waals surface area contributed by atoms with Gasteiger partial charge in [0.15, 0.2) is 0 Å². The van der Waals surface area contributed by atoms with Gasteiger partial charge in [-0.2, -0.15) is 0 Å². The second kappa shape index (κ2) is 6.62. The molecule has 0 amide bonds. The SMILES string of the molecule is COc1ccc(COC[C@@H]2CCCCN2)cc1. The number of hydrogen-bond acceptors (Lipinski definition) is 3. The normalized spacial score (nSPS) is 20.2. The van der Waals surface area contributed by atoms with Gasteiger partial charge < -0.3 is 14.8 Å². The number of benzene rings is 1. The number of rotatable bonds is 5. The Morgan fingerprint density at radius 3 is 2.71 bits per heavy atom. The van der Waals surface area contributed by atoms with Gasteiger partial charge in [0.05, 0.1) is 20.3 Å². The lowest BCUT2D eigenvalue weighted by atomic mass is 10.1. The van der Waals surface area contributed by atoms with Crippen LogP contribution >= 0.6 is 0 Å². The molecule has 1 aliphatic rings. The van der Waals surface area contributed by atoms with Crippen molar-refractivity contribution in [1.82, 2.24) is 5.32 Å². The second-order valence-electron chi connectivity index (χ2n) is 4.51. The molecule has 1 aliphatic heterocycles. The van der Waals surface area contributed by atoms with E-state index in [1.54, 1.807) is 7.11 Å². The fourth-order valence-corrected chi connectivity index (χ4v) is 2.11. The van der Waals surface area contributed by atoms with E-state index in [0.29, 0.717) is 12.6 Å². The van der Waals surface area contributed by atoms with Crippen LogP contribution in [0.25, 0.3) is 0 Å². The van der Waals surface area contributed by atoms with Gasteiger partial charge in [-0.25, -0.2) is 0 Å². The van der Waals surface area contributed by atoms with Gasteiger partial charge in [0.1, 0.15) is 5.75 Å². The lowest BCUT2D eigenvalue weighted by molar-refractivity contribution is 0.0911. The third-order valence-electron chi connectivity index (χ3n) is 3.16. The van der Waals surface area contributed by atoms with Crippen LogP contribution < -0.4 is 10.1 Å². The average Bonchev–Trinajstić information content (AvgIpc) is 2.41. The minimum Gasteiger partial charge on any atom is -0.497 e. The highest BCUT2D eigenvalue weighted by molar-refractivity contribution is 5.26. The Hall–Kier alpha value is -1.06. The van der Waals surface area contributed by atoms with Crippen LogP contribution in [0.1, 0.15) is 24.8 Å². The highest BCUT2D eigenvalue weighted by atomic mass is 16.5. The molecule has 1 heterocycles. The minimum absolute atomic E-state index is 0.544. The van der Waals surface area contributed by atoms with Gasteiger partial charge in [-0.05, 0) is 37.1 Å². The zero-order valence-electron chi connectivity index (χ0n) is 10.4. The van der Waals surface area contributed by atoms with Crippen LogP contribution in [0.2, 0.25) is 0 Å². The summed E-state index contributed by atoms with van der Waals surface area (Å²) in [5.74, 6) is 0.891. The van der Waals surface area contributed by atoms with E-state index in [9.17, 15) is 0 Å². The predicted octanol–water partition coefficient (Wildman–Crippen LogP) is 2.35. The number of methoxy groups -OCH3 is 1. The Morgan fingerprint density at radius 2 is 2.06 bits per heavy atom. The summed E-state index contributed by atoms with van der Waals surface area (Å²) in [7, 11) is 1.68. The van der Waals surface area contributed by atoms with Crippen molar-refractivity contribution in [2.24, 2.45) is 0 Å². The lowest BCUT2D eigenvalue weighted by Crippen LogP contribution is -2.37. The van der Waals surface area contributed by atoms with E-state index in [0.717, 1.165) is 18.9 Å². The van der Waals surface area contributed by atoms with Gasteiger partial charge in [-0.3, -0.25) is 0 Å². The summed E-state index contributed by atoms with van der Waals surface area (Å²) >= 11 is 0. The molecule has 0 spiro atoms. The van der Waals surface area contributed by atoms with Crippen molar-refractivity contribution in [2.45, 2.75) is 31.9 Å². The van der Waals surface area contributed by atoms with E-state index in [1.807, 2.05) is 24.3 Å². The summed E-state index contributed by atoms with van der Waals surface area (Å²) in [6.45, 7) is 2.63. The molecule has 0 aliphatic carbocycles. The maximum absolute atomic E-state index is 5.73. The Bertz CT molecular complexity index is 317. The molecule has 3 nitrogen and oxygen atoms in total. The topological polar surface area (TPSA) is 30.5 Å². The van der Waals surface area contributed by atoms with E-state index in [1.165, 1.54) is 24.8 Å². The Morgan fingerprint density at radius 1 is 1.24 bits per heavy atom. The number of piperidine rings is 1. The molecule has 1 saturated heterocycles. The molecule has 1 aromatic rings. The second-order valence-corrected chi connectivity index (χ2v) is 4.51. The Labute approximate surface area is 103 Å². The molecule has 0 radical (unpaired) electrons. The number of ether oxygens (including phenoxy) is 2. The molecule has 0 aromatic heterocycles. The summed E-state index contributed by atoms with van der Waals surface area (Å²) in [5, 5.41) is 3.48. The van der Waals surface area contributed by atoms with Gasteiger partial charge in [-0.15, -0.1) is 0 Å². The molecule has 94 valence electrons. The minimum atomic E-state index is 0.544. The molecule has 3 heteroatoms. The van der Waals surface area contributed by atoms with Crippen molar-refractivity contribution < 1.29 is 9.47 Å². The highest BCUT2D eigenvalue weighted by Gasteiger charge is 2.11. The van der Waals surface area contributed by atoms with Crippen molar-refractivity contribution in [3.8, 4) is 5.75 Å².